The lowest BCUT2D eigenvalue weighted by molar-refractivity contribution is 0.0998. The number of hydrogen-bond acceptors (Lipinski definition) is 7. The predicted octanol–water partition coefficient (Wildman–Crippen LogP) is 3.80. The summed E-state index contributed by atoms with van der Waals surface area (Å²) in [5.74, 6) is 0.336. The number of para-hydroxylation sites is 1. The molecule has 7 nitrogen and oxygen atoms in total. The van der Waals surface area contributed by atoms with Crippen LogP contribution >= 0.6 is 11.3 Å². The number of morpholine rings is 1. The highest BCUT2D eigenvalue weighted by molar-refractivity contribution is 7.22. The molecule has 0 aliphatic carbocycles. The molecule has 8 heteroatoms. The predicted molar refractivity (Wildman–Crippen MR) is 119 cm³/mol. The lowest BCUT2D eigenvalue weighted by atomic mass is 10.2. The van der Waals surface area contributed by atoms with E-state index in [1.165, 1.54) is 0 Å². The monoisotopic (exact) mass is 427 g/mol. The van der Waals surface area contributed by atoms with Gasteiger partial charge in [-0.25, -0.2) is 4.98 Å². The molecule has 2 aromatic carbocycles. The summed E-state index contributed by atoms with van der Waals surface area (Å²) in [4.78, 5) is 19.8. The molecule has 30 heavy (non-hydrogen) atoms. The molecule has 2 heterocycles. The van der Waals surface area contributed by atoms with Crippen molar-refractivity contribution in [2.24, 2.45) is 0 Å². The van der Waals surface area contributed by atoms with Crippen molar-refractivity contribution in [3.8, 4) is 5.75 Å². The number of rotatable bonds is 8. The van der Waals surface area contributed by atoms with Gasteiger partial charge < -0.3 is 24.4 Å². The zero-order chi connectivity index (χ0) is 20.8. The lowest BCUT2D eigenvalue weighted by Gasteiger charge is -2.25. The van der Waals surface area contributed by atoms with Crippen LogP contribution in [0.25, 0.3) is 10.2 Å². The number of ether oxygens (including phenoxy) is 3. The van der Waals surface area contributed by atoms with Gasteiger partial charge in [0.05, 0.1) is 35.6 Å². The summed E-state index contributed by atoms with van der Waals surface area (Å²) in [6.45, 7) is 6.61. The molecule has 0 bridgehead atoms. The van der Waals surface area contributed by atoms with Crippen molar-refractivity contribution in [3.05, 3.63) is 48.0 Å². The summed E-state index contributed by atoms with van der Waals surface area (Å²) in [7, 11) is 0. The average Bonchev–Trinajstić information content (AvgIpc) is 3.21. The Morgan fingerprint density at radius 2 is 2.03 bits per heavy atom. The second kappa shape index (κ2) is 9.88. The lowest BCUT2D eigenvalue weighted by Crippen LogP contribution is -2.36. The first-order chi connectivity index (χ1) is 14.7. The topological polar surface area (TPSA) is 72.9 Å². The summed E-state index contributed by atoms with van der Waals surface area (Å²) < 4.78 is 17.5. The number of thiazole rings is 1. The van der Waals surface area contributed by atoms with Crippen molar-refractivity contribution < 1.29 is 19.0 Å². The Labute approximate surface area is 179 Å². The largest absolute Gasteiger partial charge is 0.490 e. The molecule has 0 unspecified atom stereocenters. The molecule has 1 N–H and O–H groups in total. The molecule has 0 atom stereocenters. The average molecular weight is 428 g/mol. The second-order valence-corrected chi connectivity index (χ2v) is 7.78. The molecule has 0 spiro atoms. The molecule has 1 aliphatic heterocycles. The molecule has 0 radical (unpaired) electrons. The minimum Gasteiger partial charge on any atom is -0.490 e. The molecule has 0 saturated carbocycles. The van der Waals surface area contributed by atoms with E-state index in [1.807, 2.05) is 37.3 Å². The van der Waals surface area contributed by atoms with E-state index in [2.05, 4.69) is 10.2 Å². The maximum absolute atomic E-state index is 12.9. The molecule has 1 aromatic heterocycles. The van der Waals surface area contributed by atoms with Crippen LogP contribution in [0.5, 0.6) is 5.75 Å². The van der Waals surface area contributed by atoms with Gasteiger partial charge >= 0.3 is 0 Å². The number of nitrogens with one attached hydrogen (secondary N) is 1. The summed E-state index contributed by atoms with van der Waals surface area (Å²) >= 11 is 1.63. The number of carbonyl (C=O) groups excluding carboxylic acids is 1. The highest BCUT2D eigenvalue weighted by atomic mass is 32.1. The van der Waals surface area contributed by atoms with Crippen LogP contribution in [0.2, 0.25) is 0 Å². The highest BCUT2D eigenvalue weighted by Crippen LogP contribution is 2.31. The van der Waals surface area contributed by atoms with Crippen molar-refractivity contribution in [2.45, 2.75) is 6.92 Å². The van der Waals surface area contributed by atoms with Crippen molar-refractivity contribution in [1.29, 1.82) is 0 Å². The first-order valence-electron chi connectivity index (χ1n) is 10.1. The molecular formula is C22H25N3O4S. The van der Waals surface area contributed by atoms with Crippen LogP contribution in [0, 0.1) is 0 Å². The quantitative estimate of drug-likeness (QED) is 0.552. The third-order valence-electron chi connectivity index (χ3n) is 4.74. The minimum absolute atomic E-state index is 0.209. The Hall–Kier alpha value is -2.68. The van der Waals surface area contributed by atoms with E-state index in [0.29, 0.717) is 31.1 Å². The Kier molecular flexibility index (Phi) is 6.78. The van der Waals surface area contributed by atoms with Crippen LogP contribution in [-0.4, -0.2) is 57.0 Å². The van der Waals surface area contributed by atoms with E-state index in [1.54, 1.807) is 23.5 Å². The third kappa shape index (κ3) is 4.89. The van der Waals surface area contributed by atoms with Crippen LogP contribution < -0.4 is 15.0 Å². The number of carbonyl (C=O) groups is 1. The second-order valence-electron chi connectivity index (χ2n) is 6.77. The third-order valence-corrected chi connectivity index (χ3v) is 5.82. The fourth-order valence-electron chi connectivity index (χ4n) is 3.21. The van der Waals surface area contributed by atoms with Gasteiger partial charge in [-0.15, -0.1) is 0 Å². The zero-order valence-electron chi connectivity index (χ0n) is 16.9. The molecule has 1 aliphatic rings. The van der Waals surface area contributed by atoms with Crippen molar-refractivity contribution in [1.82, 2.24) is 4.98 Å². The molecule has 3 aromatic rings. The fourth-order valence-corrected chi connectivity index (χ4v) is 4.27. The van der Waals surface area contributed by atoms with Crippen LogP contribution in [0.3, 0.4) is 0 Å². The highest BCUT2D eigenvalue weighted by Gasteiger charge is 2.17. The Bertz CT molecular complexity index is 1000. The van der Waals surface area contributed by atoms with E-state index in [9.17, 15) is 4.79 Å². The Morgan fingerprint density at radius 1 is 1.20 bits per heavy atom. The van der Waals surface area contributed by atoms with Gasteiger partial charge in [-0.1, -0.05) is 23.5 Å². The smallest absolute Gasteiger partial charge is 0.259 e. The van der Waals surface area contributed by atoms with E-state index in [-0.39, 0.29) is 5.91 Å². The van der Waals surface area contributed by atoms with E-state index in [0.717, 1.165) is 47.3 Å². The van der Waals surface area contributed by atoms with Gasteiger partial charge in [-0.3, -0.25) is 4.79 Å². The van der Waals surface area contributed by atoms with Gasteiger partial charge in [0.1, 0.15) is 12.4 Å². The van der Waals surface area contributed by atoms with Gasteiger partial charge in [0.25, 0.3) is 5.91 Å². The van der Waals surface area contributed by atoms with E-state index < -0.39 is 0 Å². The molecule has 1 amide bonds. The number of anilines is 2. The Morgan fingerprint density at radius 3 is 2.87 bits per heavy atom. The summed E-state index contributed by atoms with van der Waals surface area (Å²) in [6, 6.07) is 13.0. The first kappa shape index (κ1) is 20.6. The standard InChI is InChI=1S/C22H25N3O4S/c1-2-27-13-14-29-19-6-4-3-5-17(19)21(26)23-16-7-8-18-20(15-16)30-22(24-18)25-9-11-28-12-10-25/h3-8,15H,2,9-14H2,1H3,(H,23,26). The number of fused-ring (bicyclic) bond motifs is 1. The van der Waals surface area contributed by atoms with Gasteiger partial charge in [0.15, 0.2) is 5.13 Å². The molecule has 4 rings (SSSR count). The summed E-state index contributed by atoms with van der Waals surface area (Å²) in [5, 5.41) is 3.97. The van der Waals surface area contributed by atoms with Crippen LogP contribution in [0.15, 0.2) is 42.5 Å². The number of nitrogens with zero attached hydrogens (tertiary/aromatic N) is 2. The number of aromatic nitrogens is 1. The first-order valence-corrected chi connectivity index (χ1v) is 10.9. The number of hydrogen-bond donors (Lipinski definition) is 1. The van der Waals surface area contributed by atoms with E-state index >= 15 is 0 Å². The van der Waals surface area contributed by atoms with Crippen molar-refractivity contribution >= 4 is 38.3 Å². The minimum atomic E-state index is -0.209. The van der Waals surface area contributed by atoms with Crippen LogP contribution in [0.4, 0.5) is 10.8 Å². The number of benzene rings is 2. The SMILES string of the molecule is CCOCCOc1ccccc1C(=O)Nc1ccc2nc(N3CCOCC3)sc2c1. The van der Waals surface area contributed by atoms with E-state index in [4.69, 9.17) is 19.2 Å². The van der Waals surface area contributed by atoms with Gasteiger partial charge in [-0.2, -0.15) is 0 Å². The molecule has 1 fully saturated rings. The number of amides is 1. The maximum Gasteiger partial charge on any atom is 0.259 e. The van der Waals surface area contributed by atoms with Crippen LogP contribution in [0.1, 0.15) is 17.3 Å². The van der Waals surface area contributed by atoms with Crippen LogP contribution in [-0.2, 0) is 9.47 Å². The maximum atomic E-state index is 12.9. The normalized spacial score (nSPS) is 14.1. The van der Waals surface area contributed by atoms with Gasteiger partial charge in [0.2, 0.25) is 0 Å². The van der Waals surface area contributed by atoms with Crippen molar-refractivity contribution in [3.63, 3.8) is 0 Å². The molecular weight excluding hydrogens is 402 g/mol. The summed E-state index contributed by atoms with van der Waals surface area (Å²) in [6.07, 6.45) is 0. The molecule has 158 valence electrons. The van der Waals surface area contributed by atoms with Gasteiger partial charge in [-0.05, 0) is 37.3 Å². The Balaban J connectivity index is 1.46. The molecule has 1 saturated heterocycles. The van der Waals surface area contributed by atoms with Gasteiger partial charge in [0, 0.05) is 25.4 Å². The zero-order valence-corrected chi connectivity index (χ0v) is 17.7. The van der Waals surface area contributed by atoms with Crippen molar-refractivity contribution in [2.75, 3.05) is 56.3 Å². The summed E-state index contributed by atoms with van der Waals surface area (Å²) in [5.41, 5.74) is 2.15. The fraction of sp³-hybridized carbons (Fsp3) is 0.364.